The van der Waals surface area contributed by atoms with E-state index in [4.69, 9.17) is 0 Å². The molecule has 0 spiro atoms. The van der Waals surface area contributed by atoms with Crippen LogP contribution in [0, 0.1) is 17.2 Å². The molecule has 0 atom stereocenters. The molecule has 8 nitrogen and oxygen atoms in total. The Bertz CT molecular complexity index is 1680. The lowest BCUT2D eigenvalue weighted by molar-refractivity contribution is 0.587. The Morgan fingerprint density at radius 3 is 2.51 bits per heavy atom. The van der Waals surface area contributed by atoms with Gasteiger partial charge in [0.1, 0.15) is 17.3 Å². The van der Waals surface area contributed by atoms with Crippen LogP contribution < -0.4 is 15.2 Å². The molecule has 0 amide bonds. The van der Waals surface area contributed by atoms with Gasteiger partial charge in [0.05, 0.1) is 17.5 Å². The van der Waals surface area contributed by atoms with E-state index in [9.17, 15) is 18.5 Å². The van der Waals surface area contributed by atoms with Crippen molar-refractivity contribution in [3.8, 4) is 17.2 Å². The lowest BCUT2D eigenvalue weighted by Crippen LogP contribution is -2.25. The van der Waals surface area contributed by atoms with Crippen molar-refractivity contribution in [2.24, 2.45) is 13.0 Å². The van der Waals surface area contributed by atoms with Crippen molar-refractivity contribution in [2.45, 2.75) is 19.4 Å². The first-order valence-corrected chi connectivity index (χ1v) is 13.9. The number of nitriles is 1. The van der Waals surface area contributed by atoms with Crippen LogP contribution in [0.4, 0.5) is 11.4 Å². The van der Waals surface area contributed by atoms with Crippen molar-refractivity contribution < 1.29 is 8.42 Å². The van der Waals surface area contributed by atoms with Crippen LogP contribution in [-0.2, 0) is 23.6 Å². The number of nitrogens with zero attached hydrogens (tertiary/aromatic N) is 4. The Balaban J connectivity index is 1.52. The van der Waals surface area contributed by atoms with Crippen LogP contribution in [-0.4, -0.2) is 30.8 Å². The molecule has 1 aliphatic rings. The second-order valence-corrected chi connectivity index (χ2v) is 11.3. The summed E-state index contributed by atoms with van der Waals surface area (Å²) in [5.74, 6) is 0.539. The van der Waals surface area contributed by atoms with Crippen LogP contribution in [0.15, 0.2) is 71.5 Å². The Hall–Kier alpha value is -4.00. The summed E-state index contributed by atoms with van der Waals surface area (Å²) in [6.07, 6.45) is 3.43. The molecular formula is C28H27N5O3S. The minimum atomic E-state index is -3.27. The summed E-state index contributed by atoms with van der Waals surface area (Å²) >= 11 is 0. The summed E-state index contributed by atoms with van der Waals surface area (Å²) in [6, 6.07) is 23.0. The maximum atomic E-state index is 12.8. The van der Waals surface area contributed by atoms with Gasteiger partial charge in [-0.15, -0.1) is 0 Å². The third-order valence-corrected chi connectivity index (χ3v) is 7.26. The van der Waals surface area contributed by atoms with E-state index in [1.54, 1.807) is 29.8 Å². The number of pyridine rings is 2. The lowest BCUT2D eigenvalue weighted by atomic mass is 10.0. The summed E-state index contributed by atoms with van der Waals surface area (Å²) in [7, 11) is -1.56. The second-order valence-electron chi connectivity index (χ2n) is 9.50. The number of fused-ring (bicyclic) bond motifs is 1. The number of nitrogens with one attached hydrogen (secondary N) is 1. The monoisotopic (exact) mass is 513 g/mol. The maximum absolute atomic E-state index is 12.8. The van der Waals surface area contributed by atoms with E-state index >= 15 is 0 Å². The van der Waals surface area contributed by atoms with E-state index < -0.39 is 10.0 Å². The quantitative estimate of drug-likeness (QED) is 0.381. The summed E-state index contributed by atoms with van der Waals surface area (Å²) in [4.78, 5) is 19.5. The van der Waals surface area contributed by atoms with E-state index in [2.05, 4.69) is 20.7 Å². The van der Waals surface area contributed by atoms with E-state index in [0.717, 1.165) is 48.0 Å². The molecule has 4 aromatic rings. The predicted molar refractivity (Wildman–Crippen MR) is 145 cm³/mol. The minimum Gasteiger partial charge on any atom is -0.339 e. The number of hydrogen-bond acceptors (Lipinski definition) is 6. The standard InChI is InChI=1S/C28H27N5O3S/c1-32-25-13-10-23(16-29)31-28(25)26(15-27(32)34)33(18-19-6-7-19)24-11-8-21(9-12-24)22-5-3-4-20(14-22)17-30-37(2,35)36/h3-5,8-15,19,30H,6-7,17-18H2,1-2H3. The van der Waals surface area contributed by atoms with Gasteiger partial charge in [-0.3, -0.25) is 4.79 Å². The molecule has 0 bridgehead atoms. The van der Waals surface area contributed by atoms with Crippen LogP contribution in [0.3, 0.4) is 0 Å². The topological polar surface area (TPSA) is 108 Å². The van der Waals surface area contributed by atoms with Crippen molar-refractivity contribution in [1.29, 1.82) is 5.26 Å². The van der Waals surface area contributed by atoms with Crippen LogP contribution in [0.5, 0.6) is 0 Å². The molecule has 0 radical (unpaired) electrons. The summed E-state index contributed by atoms with van der Waals surface area (Å²) in [5.41, 5.74) is 5.95. The lowest BCUT2D eigenvalue weighted by Gasteiger charge is -2.26. The van der Waals surface area contributed by atoms with Gasteiger partial charge in [-0.25, -0.2) is 18.1 Å². The molecule has 9 heteroatoms. The highest BCUT2D eigenvalue weighted by atomic mass is 32.2. The molecule has 5 rings (SSSR count). The van der Waals surface area contributed by atoms with Gasteiger partial charge in [0.2, 0.25) is 10.0 Å². The Morgan fingerprint density at radius 2 is 1.84 bits per heavy atom. The van der Waals surface area contributed by atoms with Gasteiger partial charge in [-0.2, -0.15) is 5.26 Å². The number of hydrogen-bond donors (Lipinski definition) is 1. The first-order valence-electron chi connectivity index (χ1n) is 12.0. The molecule has 0 aliphatic heterocycles. The molecule has 1 saturated carbocycles. The maximum Gasteiger partial charge on any atom is 0.252 e. The fourth-order valence-corrected chi connectivity index (χ4v) is 4.82. The van der Waals surface area contributed by atoms with Crippen LogP contribution >= 0.6 is 0 Å². The van der Waals surface area contributed by atoms with Crippen molar-refractivity contribution in [3.05, 3.63) is 88.3 Å². The Kier molecular flexibility index (Phi) is 6.54. The average molecular weight is 514 g/mol. The molecule has 188 valence electrons. The fourth-order valence-electron chi connectivity index (χ4n) is 4.39. The van der Waals surface area contributed by atoms with Gasteiger partial charge in [0, 0.05) is 31.9 Å². The van der Waals surface area contributed by atoms with E-state index in [1.807, 2.05) is 48.5 Å². The molecule has 1 fully saturated rings. The second kappa shape index (κ2) is 9.81. The average Bonchev–Trinajstić information content (AvgIpc) is 3.72. The van der Waals surface area contributed by atoms with Crippen molar-refractivity contribution in [2.75, 3.05) is 17.7 Å². The van der Waals surface area contributed by atoms with Gasteiger partial charge in [-0.05, 0) is 65.8 Å². The molecule has 1 aliphatic carbocycles. The number of anilines is 2. The SMILES string of the molecule is Cn1c(=O)cc(N(CC2CC2)c2ccc(-c3cccc(CNS(C)(=O)=O)c3)cc2)c2nc(C#N)ccc21. The highest BCUT2D eigenvalue weighted by Gasteiger charge is 2.27. The highest BCUT2D eigenvalue weighted by Crippen LogP contribution is 2.37. The van der Waals surface area contributed by atoms with Crippen LogP contribution in [0.2, 0.25) is 0 Å². The minimum absolute atomic E-state index is 0.133. The number of rotatable bonds is 8. The van der Waals surface area contributed by atoms with Gasteiger partial charge in [0.25, 0.3) is 5.56 Å². The van der Waals surface area contributed by atoms with Gasteiger partial charge in [-0.1, -0.05) is 30.3 Å². The Morgan fingerprint density at radius 1 is 1.08 bits per heavy atom. The smallest absolute Gasteiger partial charge is 0.252 e. The summed E-state index contributed by atoms with van der Waals surface area (Å²) in [5, 5.41) is 9.43. The molecule has 2 aromatic carbocycles. The number of benzene rings is 2. The molecule has 0 unspecified atom stereocenters. The normalized spacial score (nSPS) is 13.4. The molecule has 1 N–H and O–H groups in total. The van der Waals surface area contributed by atoms with Gasteiger partial charge < -0.3 is 9.47 Å². The van der Waals surface area contributed by atoms with E-state index in [-0.39, 0.29) is 12.1 Å². The van der Waals surface area contributed by atoms with Crippen molar-refractivity contribution in [1.82, 2.24) is 14.3 Å². The molecule has 37 heavy (non-hydrogen) atoms. The molecule has 0 saturated heterocycles. The summed E-state index contributed by atoms with van der Waals surface area (Å²) < 4.78 is 27.0. The Labute approximate surface area is 215 Å². The molecule has 2 heterocycles. The third-order valence-electron chi connectivity index (χ3n) is 6.59. The fraction of sp³-hybridized carbons (Fsp3) is 0.250. The first-order chi connectivity index (χ1) is 17.7. The highest BCUT2D eigenvalue weighted by molar-refractivity contribution is 7.88. The van der Waals surface area contributed by atoms with Crippen molar-refractivity contribution in [3.63, 3.8) is 0 Å². The molecular weight excluding hydrogens is 486 g/mol. The molecule has 2 aromatic heterocycles. The zero-order chi connectivity index (χ0) is 26.2. The van der Waals surface area contributed by atoms with Crippen LogP contribution in [0.1, 0.15) is 24.1 Å². The van der Waals surface area contributed by atoms with E-state index in [0.29, 0.717) is 28.3 Å². The zero-order valence-corrected chi connectivity index (χ0v) is 21.5. The predicted octanol–water partition coefficient (Wildman–Crippen LogP) is 4.07. The largest absolute Gasteiger partial charge is 0.339 e. The van der Waals surface area contributed by atoms with E-state index in [1.165, 1.54) is 0 Å². The number of sulfonamides is 1. The van der Waals surface area contributed by atoms with Crippen LogP contribution in [0.25, 0.3) is 22.2 Å². The summed E-state index contributed by atoms with van der Waals surface area (Å²) in [6.45, 7) is 0.986. The van der Waals surface area contributed by atoms with Crippen molar-refractivity contribution >= 4 is 32.4 Å². The number of aryl methyl sites for hydroxylation is 1. The van der Waals surface area contributed by atoms with Gasteiger partial charge >= 0.3 is 0 Å². The third kappa shape index (κ3) is 5.56. The first kappa shape index (κ1) is 24.7. The zero-order valence-electron chi connectivity index (χ0n) is 20.7. The number of aromatic nitrogens is 2. The van der Waals surface area contributed by atoms with Gasteiger partial charge in [0.15, 0.2) is 0 Å².